The average Bonchev–Trinajstić information content (AvgIpc) is 2.76. The highest BCUT2D eigenvalue weighted by atomic mass is 16.5. The van der Waals surface area contributed by atoms with Gasteiger partial charge in [-0.25, -0.2) is 4.79 Å². The number of carbonyl (C=O) groups is 2. The minimum Gasteiger partial charge on any atom is -0.491 e. The lowest BCUT2D eigenvalue weighted by atomic mass is 10.1. The SMILES string of the molecule is CCCCCCCCCCCOc1ccccc1NC(=O)c1ccccc1C(=O)O. The van der Waals surface area contributed by atoms with Crippen molar-refractivity contribution in [3.8, 4) is 5.75 Å². The van der Waals surface area contributed by atoms with Crippen LogP contribution in [0, 0.1) is 0 Å². The molecule has 2 N–H and O–H groups in total. The molecule has 0 unspecified atom stereocenters. The van der Waals surface area contributed by atoms with Crippen molar-refractivity contribution in [2.24, 2.45) is 0 Å². The molecule has 5 heteroatoms. The number of carboxylic acids is 1. The highest BCUT2D eigenvalue weighted by molar-refractivity contribution is 6.11. The van der Waals surface area contributed by atoms with E-state index in [1.807, 2.05) is 18.2 Å². The van der Waals surface area contributed by atoms with Gasteiger partial charge in [0.1, 0.15) is 5.75 Å². The summed E-state index contributed by atoms with van der Waals surface area (Å²) in [6, 6.07) is 13.4. The standard InChI is InChI=1S/C25H33NO4/c1-2-3-4-5-6-7-8-9-14-19-30-23-18-13-12-17-22(23)26-24(27)20-15-10-11-16-21(20)25(28)29/h10-13,15-18H,2-9,14,19H2,1H3,(H,26,27)(H,28,29). The lowest BCUT2D eigenvalue weighted by Crippen LogP contribution is -2.17. The summed E-state index contributed by atoms with van der Waals surface area (Å²) in [6.07, 6.45) is 11.2. The molecule has 0 aliphatic heterocycles. The van der Waals surface area contributed by atoms with E-state index in [0.717, 1.165) is 12.8 Å². The number of hydrogen-bond donors (Lipinski definition) is 2. The van der Waals surface area contributed by atoms with Crippen molar-refractivity contribution in [1.82, 2.24) is 0 Å². The molecule has 2 aromatic rings. The maximum absolute atomic E-state index is 12.6. The van der Waals surface area contributed by atoms with Gasteiger partial charge in [-0.3, -0.25) is 4.79 Å². The van der Waals surface area contributed by atoms with Gasteiger partial charge < -0.3 is 15.2 Å². The molecule has 0 bridgehead atoms. The maximum Gasteiger partial charge on any atom is 0.336 e. The first-order valence-corrected chi connectivity index (χ1v) is 11.0. The van der Waals surface area contributed by atoms with Gasteiger partial charge in [0.2, 0.25) is 0 Å². The van der Waals surface area contributed by atoms with Crippen LogP contribution in [0.25, 0.3) is 0 Å². The van der Waals surface area contributed by atoms with Crippen molar-refractivity contribution >= 4 is 17.6 Å². The zero-order valence-corrected chi connectivity index (χ0v) is 17.9. The van der Waals surface area contributed by atoms with E-state index in [9.17, 15) is 14.7 Å². The van der Waals surface area contributed by atoms with Crippen LogP contribution in [0.2, 0.25) is 0 Å². The van der Waals surface area contributed by atoms with Gasteiger partial charge in [-0.05, 0) is 30.7 Å². The van der Waals surface area contributed by atoms with E-state index in [0.29, 0.717) is 18.0 Å². The molecule has 5 nitrogen and oxygen atoms in total. The quantitative estimate of drug-likeness (QED) is 0.346. The van der Waals surface area contributed by atoms with Crippen molar-refractivity contribution in [2.45, 2.75) is 64.7 Å². The van der Waals surface area contributed by atoms with Crippen molar-refractivity contribution in [3.63, 3.8) is 0 Å². The monoisotopic (exact) mass is 411 g/mol. The molecule has 0 atom stereocenters. The van der Waals surface area contributed by atoms with E-state index in [4.69, 9.17) is 4.74 Å². The molecular weight excluding hydrogens is 378 g/mol. The molecule has 0 aromatic heterocycles. The Kier molecular flexibility index (Phi) is 10.5. The predicted octanol–water partition coefficient (Wildman–Crippen LogP) is 6.55. The summed E-state index contributed by atoms with van der Waals surface area (Å²) in [7, 11) is 0. The molecule has 0 saturated heterocycles. The van der Waals surface area contributed by atoms with Crippen LogP contribution in [0.5, 0.6) is 5.75 Å². The fourth-order valence-corrected chi connectivity index (χ4v) is 3.35. The number of carbonyl (C=O) groups excluding carboxylic acids is 1. The first-order chi connectivity index (χ1) is 14.6. The topological polar surface area (TPSA) is 75.6 Å². The largest absolute Gasteiger partial charge is 0.491 e. The van der Waals surface area contributed by atoms with Gasteiger partial charge in [-0.1, -0.05) is 82.6 Å². The number of amides is 1. The Balaban J connectivity index is 1.80. The summed E-state index contributed by atoms with van der Waals surface area (Å²) in [5.74, 6) is -0.999. The van der Waals surface area contributed by atoms with Crippen LogP contribution in [0.3, 0.4) is 0 Å². The summed E-state index contributed by atoms with van der Waals surface area (Å²) in [6.45, 7) is 2.83. The number of carboxylic acid groups (broad SMARTS) is 1. The van der Waals surface area contributed by atoms with Crippen LogP contribution < -0.4 is 10.1 Å². The van der Waals surface area contributed by atoms with E-state index in [-0.39, 0.29) is 11.1 Å². The second-order valence-corrected chi connectivity index (χ2v) is 7.48. The third-order valence-corrected chi connectivity index (χ3v) is 5.04. The predicted molar refractivity (Wildman–Crippen MR) is 121 cm³/mol. The average molecular weight is 412 g/mol. The molecule has 0 aliphatic carbocycles. The van der Waals surface area contributed by atoms with Crippen molar-refractivity contribution in [3.05, 3.63) is 59.7 Å². The molecule has 0 spiro atoms. The van der Waals surface area contributed by atoms with Crippen molar-refractivity contribution in [1.29, 1.82) is 0 Å². The lowest BCUT2D eigenvalue weighted by molar-refractivity contribution is 0.0692. The molecule has 1 amide bonds. The van der Waals surface area contributed by atoms with Crippen LogP contribution in [0.1, 0.15) is 85.4 Å². The highest BCUT2D eigenvalue weighted by Gasteiger charge is 2.17. The fraction of sp³-hybridized carbons (Fsp3) is 0.440. The third kappa shape index (κ3) is 7.90. The normalized spacial score (nSPS) is 10.6. The smallest absolute Gasteiger partial charge is 0.336 e. The van der Waals surface area contributed by atoms with Gasteiger partial charge in [0.15, 0.2) is 0 Å². The Morgan fingerprint density at radius 3 is 2.03 bits per heavy atom. The molecule has 0 saturated carbocycles. The number of unbranched alkanes of at least 4 members (excludes halogenated alkanes) is 8. The minimum absolute atomic E-state index is 0.0249. The number of aromatic carboxylic acids is 1. The first kappa shape index (κ1) is 23.5. The summed E-state index contributed by atoms with van der Waals surface area (Å²) in [4.78, 5) is 24.0. The number of ether oxygens (including phenoxy) is 1. The van der Waals surface area contributed by atoms with E-state index in [1.165, 1.54) is 57.1 Å². The van der Waals surface area contributed by atoms with Crippen molar-refractivity contribution in [2.75, 3.05) is 11.9 Å². The number of hydrogen-bond acceptors (Lipinski definition) is 3. The highest BCUT2D eigenvalue weighted by Crippen LogP contribution is 2.25. The molecule has 30 heavy (non-hydrogen) atoms. The first-order valence-electron chi connectivity index (χ1n) is 11.0. The molecule has 0 heterocycles. The van der Waals surface area contributed by atoms with Gasteiger partial charge in [0.25, 0.3) is 5.91 Å². The Hall–Kier alpha value is -2.82. The molecule has 0 fully saturated rings. The van der Waals surface area contributed by atoms with Crippen LogP contribution in [0.4, 0.5) is 5.69 Å². The Morgan fingerprint density at radius 2 is 1.37 bits per heavy atom. The van der Waals surface area contributed by atoms with Gasteiger partial charge in [-0.2, -0.15) is 0 Å². The molecule has 2 rings (SSSR count). The van der Waals surface area contributed by atoms with E-state index in [1.54, 1.807) is 18.2 Å². The van der Waals surface area contributed by atoms with Crippen LogP contribution >= 0.6 is 0 Å². The summed E-state index contributed by atoms with van der Waals surface area (Å²) < 4.78 is 5.88. The second kappa shape index (κ2) is 13.4. The number of anilines is 1. The number of benzene rings is 2. The Morgan fingerprint density at radius 1 is 0.800 bits per heavy atom. The number of nitrogens with one attached hydrogen (secondary N) is 1. The molecule has 2 aromatic carbocycles. The summed E-state index contributed by atoms with van der Waals surface area (Å²) >= 11 is 0. The summed E-state index contributed by atoms with van der Waals surface area (Å²) in [5, 5.41) is 12.1. The molecular formula is C25H33NO4. The number of para-hydroxylation sites is 2. The molecule has 0 radical (unpaired) electrons. The Labute approximate surface area is 179 Å². The summed E-state index contributed by atoms with van der Waals surface area (Å²) in [5.41, 5.74) is 0.639. The van der Waals surface area contributed by atoms with Gasteiger partial charge >= 0.3 is 5.97 Å². The third-order valence-electron chi connectivity index (χ3n) is 5.04. The number of rotatable bonds is 14. The van der Waals surface area contributed by atoms with E-state index in [2.05, 4.69) is 12.2 Å². The van der Waals surface area contributed by atoms with Gasteiger partial charge in [0, 0.05) is 0 Å². The second-order valence-electron chi connectivity index (χ2n) is 7.48. The van der Waals surface area contributed by atoms with E-state index >= 15 is 0 Å². The minimum atomic E-state index is -1.13. The van der Waals surface area contributed by atoms with Crippen LogP contribution in [-0.2, 0) is 0 Å². The lowest BCUT2D eigenvalue weighted by Gasteiger charge is -2.13. The maximum atomic E-state index is 12.6. The van der Waals surface area contributed by atoms with Crippen molar-refractivity contribution < 1.29 is 19.4 Å². The molecule has 0 aliphatic rings. The zero-order chi connectivity index (χ0) is 21.6. The van der Waals surface area contributed by atoms with Gasteiger partial charge in [0.05, 0.1) is 23.4 Å². The van der Waals surface area contributed by atoms with Crippen LogP contribution in [-0.4, -0.2) is 23.6 Å². The molecule has 162 valence electrons. The van der Waals surface area contributed by atoms with E-state index < -0.39 is 11.9 Å². The van der Waals surface area contributed by atoms with Gasteiger partial charge in [-0.15, -0.1) is 0 Å². The zero-order valence-electron chi connectivity index (χ0n) is 17.9. The van der Waals surface area contributed by atoms with Crippen LogP contribution in [0.15, 0.2) is 48.5 Å². The fourth-order valence-electron chi connectivity index (χ4n) is 3.35. The Bertz CT molecular complexity index is 803.